The molecule has 2 aromatic carbocycles. The van der Waals surface area contributed by atoms with Crippen molar-refractivity contribution in [2.45, 2.75) is 83.4 Å². The van der Waals surface area contributed by atoms with Crippen LogP contribution in [-0.4, -0.2) is 76.7 Å². The molecule has 10 nitrogen and oxygen atoms in total. The van der Waals surface area contributed by atoms with Crippen LogP contribution in [0.15, 0.2) is 72.8 Å². The summed E-state index contributed by atoms with van der Waals surface area (Å²) in [5.74, 6) is -3.92. The molecule has 0 aliphatic carbocycles. The van der Waals surface area contributed by atoms with Crippen molar-refractivity contribution in [3.8, 4) is 0 Å². The molecular formula is C38H45N3O7. The van der Waals surface area contributed by atoms with Gasteiger partial charge in [0.2, 0.25) is 11.8 Å². The van der Waals surface area contributed by atoms with Gasteiger partial charge >= 0.3 is 5.97 Å². The zero-order chi connectivity index (χ0) is 34.3. The Bertz CT molecular complexity index is 1640. The van der Waals surface area contributed by atoms with Crippen LogP contribution >= 0.6 is 0 Å². The number of hydrogen-bond acceptors (Lipinski definition) is 7. The van der Waals surface area contributed by atoms with Crippen molar-refractivity contribution in [1.82, 2.24) is 10.2 Å². The fourth-order valence-electron chi connectivity index (χ4n) is 7.82. The molecule has 48 heavy (non-hydrogen) atoms. The molecule has 2 fully saturated rings. The van der Waals surface area contributed by atoms with Gasteiger partial charge in [-0.1, -0.05) is 80.6 Å². The number of carbonyl (C=O) groups excluding carboxylic acids is 4. The fraction of sp³-hybridized carbons (Fsp3) is 0.474. The molecule has 0 radical (unpaired) electrons. The van der Waals surface area contributed by atoms with Gasteiger partial charge in [0.15, 0.2) is 0 Å². The van der Waals surface area contributed by atoms with E-state index in [4.69, 9.17) is 9.47 Å². The number of aryl methyl sites for hydroxylation is 2. The fourth-order valence-corrected chi connectivity index (χ4v) is 7.82. The van der Waals surface area contributed by atoms with E-state index < -0.39 is 59.6 Å². The number of likely N-dealkylation sites (tertiary alicyclic amines) is 1. The predicted molar refractivity (Wildman–Crippen MR) is 180 cm³/mol. The molecule has 5 bridgehead atoms. The number of nitrogens with one attached hydrogen (secondary N) is 1. The average Bonchev–Trinajstić information content (AvgIpc) is 3.70. The van der Waals surface area contributed by atoms with Gasteiger partial charge in [0.25, 0.3) is 5.91 Å². The number of fused-ring (bicyclic) bond motifs is 2. The Morgan fingerprint density at radius 2 is 1.77 bits per heavy atom. The van der Waals surface area contributed by atoms with Crippen molar-refractivity contribution in [2.75, 3.05) is 18.1 Å². The van der Waals surface area contributed by atoms with Crippen LogP contribution < -0.4 is 10.2 Å². The van der Waals surface area contributed by atoms with Gasteiger partial charge in [-0.25, -0.2) is 0 Å². The van der Waals surface area contributed by atoms with Crippen LogP contribution in [0.5, 0.6) is 0 Å². The first kappa shape index (κ1) is 33.6. The second kappa shape index (κ2) is 13.3. The number of esters is 1. The van der Waals surface area contributed by atoms with Crippen molar-refractivity contribution in [3.63, 3.8) is 0 Å². The minimum atomic E-state index is -1.44. The summed E-state index contributed by atoms with van der Waals surface area (Å²) < 4.78 is 12.8. The van der Waals surface area contributed by atoms with Crippen molar-refractivity contribution in [3.05, 3.63) is 89.5 Å². The summed E-state index contributed by atoms with van der Waals surface area (Å²) in [5.41, 5.74) is 1.77. The Labute approximate surface area is 281 Å². The number of amides is 3. The molecule has 0 unspecified atom stereocenters. The lowest BCUT2D eigenvalue weighted by molar-refractivity contribution is -0.161. The molecule has 4 aliphatic heterocycles. The molecule has 6 rings (SSSR count). The minimum absolute atomic E-state index is 0.181. The molecule has 3 amide bonds. The molecule has 0 aromatic heterocycles. The number of cyclic esters (lactones) is 1. The van der Waals surface area contributed by atoms with Crippen LogP contribution in [0, 0.1) is 31.6 Å². The largest absolute Gasteiger partial charge is 0.455 e. The van der Waals surface area contributed by atoms with E-state index in [-0.39, 0.29) is 37.3 Å². The SMILES string of the molecule is Cc1ccc(C)c(N2C/C=C\CCC(=O)N[C@H](C)[C@@H](c3ccccc3)OC(=O)[C@@H]3[C@@H]4C=C[C@]5(O4)[C@H](C2=O)N([C@@H](CO)C(C)C)C(=O)[C@@H]35)c1. The normalized spacial score (nSPS) is 32.0. The van der Waals surface area contributed by atoms with Crippen molar-refractivity contribution in [1.29, 1.82) is 0 Å². The number of hydrogen-bond donors (Lipinski definition) is 2. The third kappa shape index (κ3) is 5.75. The highest BCUT2D eigenvalue weighted by Gasteiger charge is 2.74. The Balaban J connectivity index is 1.50. The van der Waals surface area contributed by atoms with Gasteiger partial charge < -0.3 is 29.7 Å². The maximum Gasteiger partial charge on any atom is 0.313 e. The molecular weight excluding hydrogens is 610 g/mol. The lowest BCUT2D eigenvalue weighted by Crippen LogP contribution is -2.59. The summed E-state index contributed by atoms with van der Waals surface area (Å²) in [6.45, 7) is 9.27. The lowest BCUT2D eigenvalue weighted by Gasteiger charge is -2.40. The Morgan fingerprint density at radius 1 is 1.02 bits per heavy atom. The van der Waals surface area contributed by atoms with E-state index in [1.165, 1.54) is 4.90 Å². The summed E-state index contributed by atoms with van der Waals surface area (Å²) >= 11 is 0. The van der Waals surface area contributed by atoms with Crippen LogP contribution in [0.4, 0.5) is 5.69 Å². The van der Waals surface area contributed by atoms with E-state index in [9.17, 15) is 19.5 Å². The average molecular weight is 656 g/mol. The van der Waals surface area contributed by atoms with Crippen molar-refractivity contribution >= 4 is 29.4 Å². The number of benzene rings is 2. The van der Waals surface area contributed by atoms with Gasteiger partial charge in [-0.15, -0.1) is 0 Å². The van der Waals surface area contributed by atoms with Gasteiger partial charge in [0.1, 0.15) is 23.7 Å². The lowest BCUT2D eigenvalue weighted by atomic mass is 9.74. The number of aliphatic hydroxyl groups excluding tert-OH is 1. The number of nitrogens with zero attached hydrogens (tertiary/aromatic N) is 2. The van der Waals surface area contributed by atoms with Crippen molar-refractivity contribution < 1.29 is 33.8 Å². The smallest absolute Gasteiger partial charge is 0.313 e. The molecule has 4 heterocycles. The monoisotopic (exact) mass is 655 g/mol. The van der Waals surface area contributed by atoms with E-state index in [0.29, 0.717) is 17.7 Å². The van der Waals surface area contributed by atoms with Gasteiger partial charge in [-0.3, -0.25) is 19.2 Å². The first-order valence-electron chi connectivity index (χ1n) is 16.9. The first-order chi connectivity index (χ1) is 23.0. The standard InChI is InChI=1S/C38H45N3O7/c1-22(2)28(21-42)41-34-36(45)40(27-20-23(3)15-16-24(27)4)19-11-7-10-14-30(43)39-25(5)33(26-12-8-6-9-13-26)47-37(46)31-29-17-18-38(34,48-29)32(31)35(41)44/h6-9,11-13,15-18,20,22,25,28-29,31-34,42H,10,14,19,21H2,1-5H3,(H,39,43)/b11-7-/t25-,28+,29+,31-,32-,33+,34+,38-/m1/s1. The topological polar surface area (TPSA) is 125 Å². The number of aliphatic hydroxyl groups is 1. The van der Waals surface area contributed by atoms with Crippen LogP contribution in [0.2, 0.25) is 0 Å². The van der Waals surface area contributed by atoms with Crippen LogP contribution in [0.1, 0.15) is 56.4 Å². The van der Waals surface area contributed by atoms with Crippen molar-refractivity contribution in [2.24, 2.45) is 17.8 Å². The highest BCUT2D eigenvalue weighted by molar-refractivity contribution is 6.06. The van der Waals surface area contributed by atoms with E-state index in [0.717, 1.165) is 11.1 Å². The third-order valence-electron chi connectivity index (χ3n) is 10.3. The van der Waals surface area contributed by atoms with E-state index >= 15 is 4.79 Å². The summed E-state index contributed by atoms with van der Waals surface area (Å²) in [4.78, 5) is 60.3. The van der Waals surface area contributed by atoms with E-state index in [1.807, 2.05) is 88.4 Å². The van der Waals surface area contributed by atoms with E-state index in [1.54, 1.807) is 24.0 Å². The Morgan fingerprint density at radius 3 is 2.48 bits per heavy atom. The quantitative estimate of drug-likeness (QED) is 0.369. The summed E-state index contributed by atoms with van der Waals surface area (Å²) in [6.07, 6.45) is 6.27. The maximum atomic E-state index is 15.1. The van der Waals surface area contributed by atoms with Crippen LogP contribution in [-0.2, 0) is 28.7 Å². The number of anilines is 1. The summed E-state index contributed by atoms with van der Waals surface area (Å²) in [6, 6.07) is 12.6. The number of allylic oxidation sites excluding steroid dienone is 1. The molecule has 0 saturated carbocycles. The molecule has 4 aliphatic rings. The number of rotatable bonds is 5. The minimum Gasteiger partial charge on any atom is -0.455 e. The van der Waals surface area contributed by atoms with Crippen LogP contribution in [0.3, 0.4) is 0 Å². The molecule has 2 aromatic rings. The first-order valence-corrected chi connectivity index (χ1v) is 16.9. The number of carbonyl (C=O) groups is 4. The zero-order valence-corrected chi connectivity index (χ0v) is 28.2. The van der Waals surface area contributed by atoms with E-state index in [2.05, 4.69) is 5.32 Å². The predicted octanol–water partition coefficient (Wildman–Crippen LogP) is 3.94. The van der Waals surface area contributed by atoms with Gasteiger partial charge in [0, 0.05) is 18.7 Å². The molecule has 2 saturated heterocycles. The number of ether oxygens (including phenoxy) is 2. The molecule has 254 valence electrons. The zero-order valence-electron chi connectivity index (χ0n) is 28.2. The second-order valence-corrected chi connectivity index (χ2v) is 13.8. The maximum absolute atomic E-state index is 15.1. The van der Waals surface area contributed by atoms with Gasteiger partial charge in [-0.05, 0) is 55.9 Å². The third-order valence-corrected chi connectivity index (χ3v) is 10.3. The Kier molecular flexibility index (Phi) is 9.33. The molecule has 2 N–H and O–H groups in total. The highest BCUT2D eigenvalue weighted by atomic mass is 16.6. The molecule has 10 heteroatoms. The molecule has 1 spiro atoms. The molecule has 8 atom stereocenters. The summed E-state index contributed by atoms with van der Waals surface area (Å²) in [5, 5.41) is 13.6. The second-order valence-electron chi connectivity index (χ2n) is 13.8. The highest BCUT2D eigenvalue weighted by Crippen LogP contribution is 2.56. The van der Waals surface area contributed by atoms with Crippen LogP contribution in [0.25, 0.3) is 0 Å². The Hall–Kier alpha value is -4.28. The van der Waals surface area contributed by atoms with Gasteiger partial charge in [0.05, 0.1) is 30.7 Å². The summed E-state index contributed by atoms with van der Waals surface area (Å²) in [7, 11) is 0. The van der Waals surface area contributed by atoms with Gasteiger partial charge in [-0.2, -0.15) is 0 Å².